The summed E-state index contributed by atoms with van der Waals surface area (Å²) < 4.78 is 0. The maximum Gasteiger partial charge on any atom is 0.109 e. The summed E-state index contributed by atoms with van der Waals surface area (Å²) in [6.45, 7) is 10.4. The van der Waals surface area contributed by atoms with Crippen LogP contribution in [0, 0.1) is 6.92 Å². The predicted molar refractivity (Wildman–Crippen MR) is 82.8 cm³/mol. The van der Waals surface area contributed by atoms with E-state index in [0.717, 1.165) is 0 Å². The van der Waals surface area contributed by atoms with Gasteiger partial charge in [0.2, 0.25) is 0 Å². The van der Waals surface area contributed by atoms with Crippen molar-refractivity contribution >= 4 is 11.3 Å². The quantitative estimate of drug-likeness (QED) is 0.897. The Bertz CT molecular complexity index is 377. The summed E-state index contributed by atoms with van der Waals surface area (Å²) in [6.07, 6.45) is 7.14. The second kappa shape index (κ2) is 7.36. The van der Waals surface area contributed by atoms with Crippen LogP contribution in [0.2, 0.25) is 0 Å². The first-order chi connectivity index (χ1) is 9.19. The van der Waals surface area contributed by atoms with Crippen molar-refractivity contribution in [2.75, 3.05) is 19.6 Å². The van der Waals surface area contributed by atoms with E-state index in [1.807, 2.05) is 17.5 Å². The van der Waals surface area contributed by atoms with Crippen molar-refractivity contribution in [2.24, 2.45) is 0 Å². The van der Waals surface area contributed by atoms with Crippen molar-refractivity contribution in [3.63, 3.8) is 0 Å². The number of hydrogen-bond acceptors (Lipinski definition) is 4. The number of aryl methyl sites for hydroxylation is 1. The molecular formula is C15H27N3S. The second-order valence-electron chi connectivity index (χ2n) is 5.67. The third kappa shape index (κ3) is 4.55. The lowest BCUT2D eigenvalue weighted by atomic mass is 10.1. The fourth-order valence-corrected chi connectivity index (χ4v) is 3.65. The van der Waals surface area contributed by atoms with Crippen LogP contribution in [0.15, 0.2) is 6.20 Å². The molecular weight excluding hydrogens is 254 g/mol. The van der Waals surface area contributed by atoms with Crippen LogP contribution in [0.25, 0.3) is 0 Å². The third-order valence-corrected chi connectivity index (χ3v) is 4.95. The molecule has 2 heterocycles. The molecule has 4 heteroatoms. The molecule has 0 aromatic carbocycles. The van der Waals surface area contributed by atoms with Crippen LogP contribution in [0.4, 0.5) is 0 Å². The Balaban J connectivity index is 1.82. The highest BCUT2D eigenvalue weighted by Gasteiger charge is 2.19. The highest BCUT2D eigenvalue weighted by molar-refractivity contribution is 7.11. The molecule has 1 aliphatic heterocycles. The normalized spacial score (nSPS) is 23.2. The summed E-state index contributed by atoms with van der Waals surface area (Å²) in [6, 6.07) is 1.04. The van der Waals surface area contributed by atoms with Crippen molar-refractivity contribution in [2.45, 2.75) is 58.5 Å². The van der Waals surface area contributed by atoms with Crippen LogP contribution in [0.5, 0.6) is 0 Å². The number of hydrogen-bond donors (Lipinski definition) is 1. The lowest BCUT2D eigenvalue weighted by Crippen LogP contribution is -2.33. The number of nitrogens with zero attached hydrogens (tertiary/aromatic N) is 2. The minimum Gasteiger partial charge on any atom is -0.305 e. The molecule has 2 atom stereocenters. The average Bonchev–Trinajstić information content (AvgIpc) is 2.70. The SMILES string of the molecule is CCCN1CCCC(NC(C)c2ncc(C)s2)CC1. The molecule has 1 aromatic heterocycles. The number of rotatable bonds is 5. The Morgan fingerprint density at radius 2 is 2.32 bits per heavy atom. The molecule has 2 unspecified atom stereocenters. The first-order valence-corrected chi connectivity index (χ1v) is 8.41. The minimum absolute atomic E-state index is 0.390. The largest absolute Gasteiger partial charge is 0.305 e. The Morgan fingerprint density at radius 3 is 3.00 bits per heavy atom. The predicted octanol–water partition coefficient (Wildman–Crippen LogP) is 3.37. The Kier molecular flexibility index (Phi) is 5.79. The van der Waals surface area contributed by atoms with Gasteiger partial charge in [-0.3, -0.25) is 0 Å². The lowest BCUT2D eigenvalue weighted by Gasteiger charge is -2.21. The smallest absolute Gasteiger partial charge is 0.109 e. The van der Waals surface area contributed by atoms with Gasteiger partial charge in [0.25, 0.3) is 0 Å². The topological polar surface area (TPSA) is 28.2 Å². The average molecular weight is 281 g/mol. The molecule has 0 aliphatic carbocycles. The van der Waals surface area contributed by atoms with Crippen LogP contribution in [-0.4, -0.2) is 35.6 Å². The van der Waals surface area contributed by atoms with Crippen molar-refractivity contribution in [1.29, 1.82) is 0 Å². The first kappa shape index (κ1) is 14.9. The van der Waals surface area contributed by atoms with Gasteiger partial charge in [-0.1, -0.05) is 6.92 Å². The fourth-order valence-electron chi connectivity index (χ4n) is 2.86. The van der Waals surface area contributed by atoms with E-state index in [1.165, 1.54) is 55.2 Å². The van der Waals surface area contributed by atoms with E-state index in [0.29, 0.717) is 12.1 Å². The van der Waals surface area contributed by atoms with Gasteiger partial charge in [0.05, 0.1) is 6.04 Å². The molecule has 0 saturated carbocycles. The van der Waals surface area contributed by atoms with Crippen LogP contribution >= 0.6 is 11.3 Å². The molecule has 1 saturated heterocycles. The Morgan fingerprint density at radius 1 is 1.47 bits per heavy atom. The summed E-state index contributed by atoms with van der Waals surface area (Å²) in [5.74, 6) is 0. The van der Waals surface area contributed by atoms with Gasteiger partial charge in [-0.2, -0.15) is 0 Å². The van der Waals surface area contributed by atoms with Gasteiger partial charge in [-0.05, 0) is 59.2 Å². The summed E-state index contributed by atoms with van der Waals surface area (Å²) in [7, 11) is 0. The molecule has 1 aliphatic rings. The minimum atomic E-state index is 0.390. The summed E-state index contributed by atoms with van der Waals surface area (Å²) >= 11 is 1.81. The van der Waals surface area contributed by atoms with Gasteiger partial charge in [-0.25, -0.2) is 4.98 Å². The van der Waals surface area contributed by atoms with E-state index >= 15 is 0 Å². The van der Waals surface area contributed by atoms with Crippen molar-refractivity contribution in [3.8, 4) is 0 Å². The zero-order valence-electron chi connectivity index (χ0n) is 12.5. The van der Waals surface area contributed by atoms with Crippen molar-refractivity contribution in [1.82, 2.24) is 15.2 Å². The molecule has 0 bridgehead atoms. The highest BCUT2D eigenvalue weighted by Crippen LogP contribution is 2.21. The van der Waals surface area contributed by atoms with Gasteiger partial charge in [0.1, 0.15) is 5.01 Å². The van der Waals surface area contributed by atoms with Crippen LogP contribution in [-0.2, 0) is 0 Å². The Labute approximate surface area is 121 Å². The van der Waals surface area contributed by atoms with Crippen molar-refractivity contribution < 1.29 is 0 Å². The molecule has 2 rings (SSSR count). The van der Waals surface area contributed by atoms with E-state index in [-0.39, 0.29) is 0 Å². The monoisotopic (exact) mass is 281 g/mol. The summed E-state index contributed by atoms with van der Waals surface area (Å²) in [5, 5.41) is 5.00. The van der Waals surface area contributed by atoms with Crippen LogP contribution in [0.1, 0.15) is 55.5 Å². The maximum absolute atomic E-state index is 4.49. The molecule has 0 amide bonds. The van der Waals surface area contributed by atoms with E-state index < -0.39 is 0 Å². The zero-order valence-corrected chi connectivity index (χ0v) is 13.3. The van der Waals surface area contributed by atoms with Gasteiger partial charge in [0.15, 0.2) is 0 Å². The molecule has 108 valence electrons. The summed E-state index contributed by atoms with van der Waals surface area (Å²) in [5.41, 5.74) is 0. The Hall–Kier alpha value is -0.450. The fraction of sp³-hybridized carbons (Fsp3) is 0.800. The molecule has 0 radical (unpaired) electrons. The highest BCUT2D eigenvalue weighted by atomic mass is 32.1. The van der Waals surface area contributed by atoms with Crippen molar-refractivity contribution in [3.05, 3.63) is 16.1 Å². The summed E-state index contributed by atoms with van der Waals surface area (Å²) in [4.78, 5) is 8.41. The van der Waals surface area contributed by atoms with E-state index in [4.69, 9.17) is 0 Å². The van der Waals surface area contributed by atoms with Gasteiger partial charge < -0.3 is 10.2 Å². The lowest BCUT2D eigenvalue weighted by molar-refractivity contribution is 0.281. The van der Waals surface area contributed by atoms with E-state index in [1.54, 1.807) is 0 Å². The van der Waals surface area contributed by atoms with Gasteiger partial charge >= 0.3 is 0 Å². The standard InChI is InChI=1S/C15H27N3S/c1-4-8-18-9-5-6-14(7-10-18)17-13(3)15-16-11-12(2)19-15/h11,13-14,17H,4-10H2,1-3H3. The molecule has 1 fully saturated rings. The van der Waals surface area contributed by atoms with Gasteiger partial charge in [-0.15, -0.1) is 11.3 Å². The molecule has 1 aromatic rings. The van der Waals surface area contributed by atoms with E-state index in [2.05, 4.69) is 36.0 Å². The number of thiazole rings is 1. The van der Waals surface area contributed by atoms with E-state index in [9.17, 15) is 0 Å². The van der Waals surface area contributed by atoms with Crippen LogP contribution < -0.4 is 5.32 Å². The van der Waals surface area contributed by atoms with Crippen LogP contribution in [0.3, 0.4) is 0 Å². The molecule has 0 spiro atoms. The zero-order chi connectivity index (χ0) is 13.7. The van der Waals surface area contributed by atoms with Gasteiger partial charge in [0, 0.05) is 17.1 Å². The number of aromatic nitrogens is 1. The maximum atomic E-state index is 4.49. The number of likely N-dealkylation sites (tertiary alicyclic amines) is 1. The number of nitrogens with one attached hydrogen (secondary N) is 1. The molecule has 19 heavy (non-hydrogen) atoms. The third-order valence-electron chi connectivity index (χ3n) is 3.86. The molecule has 3 nitrogen and oxygen atoms in total. The molecule has 1 N–H and O–H groups in total. The first-order valence-electron chi connectivity index (χ1n) is 7.59. The second-order valence-corrected chi connectivity index (χ2v) is 6.93.